The van der Waals surface area contributed by atoms with Crippen LogP contribution in [0.1, 0.15) is 25.8 Å². The predicted molar refractivity (Wildman–Crippen MR) is 79.8 cm³/mol. The number of hydrogen-bond acceptors (Lipinski definition) is 3. The number of amides is 2. The summed E-state index contributed by atoms with van der Waals surface area (Å²) in [6.45, 7) is 4.84. The molecule has 1 atom stereocenters. The van der Waals surface area contributed by atoms with Crippen molar-refractivity contribution in [2.45, 2.75) is 32.8 Å². The van der Waals surface area contributed by atoms with Crippen molar-refractivity contribution in [3.8, 4) is 0 Å². The Labute approximate surface area is 124 Å². The molecule has 112 valence electrons. The molecule has 0 aromatic carbocycles. The molecular weight excluding hydrogens is 278 g/mol. The largest absolute Gasteiger partial charge is 0.391 e. The Kier molecular flexibility index (Phi) is 7.33. The lowest BCUT2D eigenvalue weighted by atomic mass is 10.1. The van der Waals surface area contributed by atoms with Gasteiger partial charge in [-0.15, -0.1) is 0 Å². The first-order valence-electron chi connectivity index (χ1n) is 6.77. The summed E-state index contributed by atoms with van der Waals surface area (Å²) in [5.74, 6) is 0.410. The predicted octanol–water partition coefficient (Wildman–Crippen LogP) is 1.98. The number of aliphatic hydroxyl groups is 1. The minimum Gasteiger partial charge on any atom is -0.391 e. The number of rotatable bonds is 7. The molecule has 20 heavy (non-hydrogen) atoms. The van der Waals surface area contributed by atoms with Gasteiger partial charge in [0.25, 0.3) is 0 Å². The first kappa shape index (κ1) is 16.7. The number of nitrogens with one attached hydrogen (secondary N) is 2. The van der Waals surface area contributed by atoms with Gasteiger partial charge in [0.05, 0.1) is 6.10 Å². The lowest BCUT2D eigenvalue weighted by molar-refractivity contribution is 0.147. The molecule has 1 heterocycles. The molecule has 1 rings (SSSR count). The SMILES string of the molecule is CC(C)CC(O)CNC(=O)NCCc1ccc(Cl)nc1. The van der Waals surface area contributed by atoms with Crippen molar-refractivity contribution >= 4 is 17.6 Å². The highest BCUT2D eigenvalue weighted by Gasteiger charge is 2.08. The molecule has 0 aliphatic carbocycles. The zero-order valence-electron chi connectivity index (χ0n) is 11.9. The van der Waals surface area contributed by atoms with Crippen LogP contribution in [-0.2, 0) is 6.42 Å². The lowest BCUT2D eigenvalue weighted by Gasteiger charge is -2.14. The number of nitrogens with zero attached hydrogens (tertiary/aromatic N) is 1. The zero-order valence-corrected chi connectivity index (χ0v) is 12.7. The number of hydrogen-bond donors (Lipinski definition) is 3. The van der Waals surface area contributed by atoms with E-state index in [1.807, 2.05) is 19.9 Å². The first-order valence-corrected chi connectivity index (χ1v) is 7.15. The van der Waals surface area contributed by atoms with E-state index in [9.17, 15) is 9.90 Å². The maximum absolute atomic E-state index is 11.5. The summed E-state index contributed by atoms with van der Waals surface area (Å²) in [6, 6.07) is 3.33. The molecule has 1 aromatic heterocycles. The Morgan fingerprint density at radius 1 is 1.40 bits per heavy atom. The fourth-order valence-corrected chi connectivity index (χ4v) is 1.89. The summed E-state index contributed by atoms with van der Waals surface area (Å²) in [6.07, 6.45) is 2.55. The van der Waals surface area contributed by atoms with Crippen LogP contribution in [0, 0.1) is 5.92 Å². The average Bonchev–Trinajstić information content (AvgIpc) is 2.38. The molecule has 0 aliphatic heterocycles. The van der Waals surface area contributed by atoms with Crippen LogP contribution in [0.2, 0.25) is 5.15 Å². The van der Waals surface area contributed by atoms with Crippen molar-refractivity contribution in [3.63, 3.8) is 0 Å². The molecule has 0 saturated carbocycles. The maximum Gasteiger partial charge on any atom is 0.314 e. The number of urea groups is 1. The van der Waals surface area contributed by atoms with Gasteiger partial charge in [0.2, 0.25) is 0 Å². The zero-order chi connectivity index (χ0) is 15.0. The van der Waals surface area contributed by atoms with Gasteiger partial charge >= 0.3 is 6.03 Å². The molecule has 6 heteroatoms. The van der Waals surface area contributed by atoms with E-state index >= 15 is 0 Å². The fraction of sp³-hybridized carbons (Fsp3) is 0.571. The monoisotopic (exact) mass is 299 g/mol. The average molecular weight is 300 g/mol. The van der Waals surface area contributed by atoms with Gasteiger partial charge in [-0.2, -0.15) is 0 Å². The van der Waals surface area contributed by atoms with Gasteiger partial charge in [-0.25, -0.2) is 9.78 Å². The second kappa shape index (κ2) is 8.76. The normalized spacial score (nSPS) is 12.2. The van der Waals surface area contributed by atoms with Crippen LogP contribution < -0.4 is 10.6 Å². The molecule has 5 nitrogen and oxygen atoms in total. The third-order valence-electron chi connectivity index (χ3n) is 2.73. The Balaban J connectivity index is 2.15. The van der Waals surface area contributed by atoms with E-state index in [1.165, 1.54) is 0 Å². The standard InChI is InChI=1S/C14H22ClN3O2/c1-10(2)7-12(19)9-18-14(20)16-6-5-11-3-4-13(15)17-8-11/h3-4,8,10,12,19H,5-7,9H2,1-2H3,(H2,16,18,20). The minimum absolute atomic E-state index is 0.269. The van der Waals surface area contributed by atoms with Crippen LogP contribution in [0.5, 0.6) is 0 Å². The number of aliphatic hydroxyl groups excluding tert-OH is 1. The van der Waals surface area contributed by atoms with Crippen LogP contribution in [-0.4, -0.2) is 35.3 Å². The lowest BCUT2D eigenvalue weighted by Crippen LogP contribution is -2.40. The minimum atomic E-state index is -0.499. The number of aromatic nitrogens is 1. The second-order valence-electron chi connectivity index (χ2n) is 5.16. The van der Waals surface area contributed by atoms with Gasteiger partial charge < -0.3 is 15.7 Å². The summed E-state index contributed by atoms with van der Waals surface area (Å²) in [4.78, 5) is 15.5. The smallest absolute Gasteiger partial charge is 0.314 e. The highest BCUT2D eigenvalue weighted by molar-refractivity contribution is 6.29. The van der Waals surface area contributed by atoms with Crippen LogP contribution >= 0.6 is 11.6 Å². The molecule has 1 unspecified atom stereocenters. The first-order chi connectivity index (χ1) is 9.47. The summed E-state index contributed by atoms with van der Waals surface area (Å²) in [5.41, 5.74) is 1.01. The van der Waals surface area contributed by atoms with Crippen molar-refractivity contribution in [3.05, 3.63) is 29.0 Å². The van der Waals surface area contributed by atoms with E-state index in [-0.39, 0.29) is 12.6 Å². The van der Waals surface area contributed by atoms with Gasteiger partial charge in [0.1, 0.15) is 5.15 Å². The van der Waals surface area contributed by atoms with Crippen molar-refractivity contribution < 1.29 is 9.90 Å². The van der Waals surface area contributed by atoms with Crippen molar-refractivity contribution in [1.29, 1.82) is 0 Å². The molecule has 2 amide bonds. The van der Waals surface area contributed by atoms with Crippen LogP contribution in [0.25, 0.3) is 0 Å². The van der Waals surface area contributed by atoms with Gasteiger partial charge in [0.15, 0.2) is 0 Å². The van der Waals surface area contributed by atoms with Gasteiger partial charge in [0, 0.05) is 19.3 Å². The molecular formula is C14H22ClN3O2. The van der Waals surface area contributed by atoms with Gasteiger partial charge in [-0.05, 0) is 30.4 Å². The highest BCUT2D eigenvalue weighted by atomic mass is 35.5. The molecule has 0 radical (unpaired) electrons. The quantitative estimate of drug-likeness (QED) is 0.674. The molecule has 3 N–H and O–H groups in total. The number of halogens is 1. The topological polar surface area (TPSA) is 74.2 Å². The molecule has 1 aromatic rings. The van der Waals surface area contributed by atoms with E-state index in [1.54, 1.807) is 12.3 Å². The summed E-state index contributed by atoms with van der Waals surface area (Å²) in [7, 11) is 0. The Morgan fingerprint density at radius 2 is 2.15 bits per heavy atom. The molecule has 0 spiro atoms. The second-order valence-corrected chi connectivity index (χ2v) is 5.55. The number of pyridine rings is 1. The van der Waals surface area contributed by atoms with E-state index in [0.29, 0.717) is 30.5 Å². The molecule has 0 saturated heterocycles. The Hall–Kier alpha value is -1.33. The summed E-state index contributed by atoms with van der Waals surface area (Å²) < 4.78 is 0. The van der Waals surface area contributed by atoms with Gasteiger partial charge in [-0.1, -0.05) is 31.5 Å². The maximum atomic E-state index is 11.5. The van der Waals surface area contributed by atoms with E-state index in [4.69, 9.17) is 11.6 Å². The summed E-state index contributed by atoms with van der Waals surface area (Å²) >= 11 is 5.69. The van der Waals surface area contributed by atoms with E-state index in [2.05, 4.69) is 15.6 Å². The third-order valence-corrected chi connectivity index (χ3v) is 2.95. The molecule has 0 aliphatic rings. The number of carbonyl (C=O) groups excluding carboxylic acids is 1. The number of carbonyl (C=O) groups is 1. The molecule has 0 bridgehead atoms. The fourth-order valence-electron chi connectivity index (χ4n) is 1.78. The van der Waals surface area contributed by atoms with Crippen LogP contribution in [0.15, 0.2) is 18.3 Å². The summed E-state index contributed by atoms with van der Waals surface area (Å²) in [5, 5.41) is 15.5. The van der Waals surface area contributed by atoms with Crippen LogP contribution in [0.4, 0.5) is 4.79 Å². The highest BCUT2D eigenvalue weighted by Crippen LogP contribution is 2.05. The van der Waals surface area contributed by atoms with Gasteiger partial charge in [-0.3, -0.25) is 0 Å². The van der Waals surface area contributed by atoms with Crippen molar-refractivity contribution in [1.82, 2.24) is 15.6 Å². The van der Waals surface area contributed by atoms with E-state index < -0.39 is 6.10 Å². The van der Waals surface area contributed by atoms with Crippen molar-refractivity contribution in [2.24, 2.45) is 5.92 Å². The third kappa shape index (κ3) is 7.31. The molecule has 0 fully saturated rings. The van der Waals surface area contributed by atoms with E-state index in [0.717, 1.165) is 5.56 Å². The van der Waals surface area contributed by atoms with Crippen LogP contribution in [0.3, 0.4) is 0 Å². The van der Waals surface area contributed by atoms with Crippen molar-refractivity contribution in [2.75, 3.05) is 13.1 Å². The Bertz CT molecular complexity index is 409. The Morgan fingerprint density at radius 3 is 2.75 bits per heavy atom.